The standard InChI is InChI=1S/C54H73N11O11/c1-31(2)25-43(54(75)76)64-49(70)39(26-33-15-6-4-7-16-33)61-51(72)44-22-14-24-65(44)53(74)42(28-35-30-58-37-20-11-10-19-36(35)37)63-50(71)41(29-45(56)67)60-47(68)38(21-12-13-23-55)59-48(69)40(27-34-17-8-5-9-18-34)62-52(73)46(57)32(3)66/h4-11,15-20,30-32,38-44,46,58,66H,12-14,21-29,55,57H2,1-3H3,(H2,56,67)(H,59,69)(H,60,68)(H,61,72)(H,62,73)(H,63,71)(H,64,70)(H,75,76). The van der Waals surface area contributed by atoms with Gasteiger partial charge in [0.2, 0.25) is 47.3 Å². The summed E-state index contributed by atoms with van der Waals surface area (Å²) in [4.78, 5) is 128. The van der Waals surface area contributed by atoms with Gasteiger partial charge in [0.25, 0.3) is 0 Å². The SMILES string of the molecule is CC(C)CC(NC(=O)C(Cc1ccccc1)NC(=O)C1CCCN1C(=O)C(Cc1c[nH]c2ccccc12)NC(=O)C(CC(N)=O)NC(=O)C(CCCCN)NC(=O)C(Cc1ccccc1)NC(=O)C(N)C(C)O)C(=O)O. The number of carboxylic acid groups (broad SMARTS) is 1. The molecule has 3 aromatic carbocycles. The Bertz CT molecular complexity index is 2630. The molecular formula is C54H73N11O11. The number of hydrogen-bond acceptors (Lipinski definition) is 12. The Morgan fingerprint density at radius 1 is 0.658 bits per heavy atom. The molecule has 1 fully saturated rings. The van der Waals surface area contributed by atoms with E-state index in [2.05, 4.69) is 36.9 Å². The molecule has 9 unspecified atom stereocenters. The van der Waals surface area contributed by atoms with Crippen molar-refractivity contribution in [2.75, 3.05) is 13.1 Å². The summed E-state index contributed by atoms with van der Waals surface area (Å²) in [5.41, 5.74) is 20.0. The van der Waals surface area contributed by atoms with Crippen LogP contribution in [0, 0.1) is 5.92 Å². The zero-order valence-corrected chi connectivity index (χ0v) is 43.2. The minimum absolute atomic E-state index is 0.000375. The molecule has 2 heterocycles. The number of para-hydroxylation sites is 1. The van der Waals surface area contributed by atoms with Gasteiger partial charge in [-0.2, -0.15) is 0 Å². The Kier molecular flexibility index (Phi) is 22.5. The number of hydrogen-bond donors (Lipinski definition) is 12. The monoisotopic (exact) mass is 1050 g/mol. The second kappa shape index (κ2) is 28.8. The average Bonchev–Trinajstić information content (AvgIpc) is 4.05. The van der Waals surface area contributed by atoms with Gasteiger partial charge in [0, 0.05) is 42.9 Å². The molecule has 1 aliphatic heterocycles. The lowest BCUT2D eigenvalue weighted by atomic mass is 10.0. The van der Waals surface area contributed by atoms with Crippen LogP contribution >= 0.6 is 0 Å². The fourth-order valence-electron chi connectivity index (χ4n) is 9.05. The first-order valence-electron chi connectivity index (χ1n) is 25.7. The summed E-state index contributed by atoms with van der Waals surface area (Å²) in [6.07, 6.45) is 0.966. The third-order valence-electron chi connectivity index (χ3n) is 13.1. The van der Waals surface area contributed by atoms with E-state index < -0.39 is 114 Å². The lowest BCUT2D eigenvalue weighted by Crippen LogP contribution is -2.61. The molecule has 1 saturated heterocycles. The number of amides is 8. The topological polar surface area (TPSA) is 363 Å². The smallest absolute Gasteiger partial charge is 0.326 e. The maximum absolute atomic E-state index is 15.0. The van der Waals surface area contributed by atoms with Crippen LogP contribution in [0.5, 0.6) is 0 Å². The van der Waals surface area contributed by atoms with Crippen molar-refractivity contribution >= 4 is 64.1 Å². The van der Waals surface area contributed by atoms with Crippen LogP contribution in [0.4, 0.5) is 0 Å². The molecule has 0 spiro atoms. The second-order valence-electron chi connectivity index (χ2n) is 19.7. The van der Waals surface area contributed by atoms with Gasteiger partial charge in [0.15, 0.2) is 0 Å². The van der Waals surface area contributed by atoms with Crippen molar-refractivity contribution < 1.29 is 53.4 Å². The van der Waals surface area contributed by atoms with Crippen molar-refractivity contribution in [3.8, 4) is 0 Å². The van der Waals surface area contributed by atoms with Crippen LogP contribution < -0.4 is 49.1 Å². The van der Waals surface area contributed by atoms with Crippen LogP contribution in [0.15, 0.2) is 91.1 Å². The number of aromatic amines is 1. The van der Waals surface area contributed by atoms with E-state index in [1.807, 2.05) is 32.0 Å². The summed E-state index contributed by atoms with van der Waals surface area (Å²) in [5.74, 6) is -7.93. The number of likely N-dealkylation sites (tertiary alicyclic amines) is 1. The number of aliphatic hydroxyl groups is 1. The molecule has 1 aliphatic rings. The van der Waals surface area contributed by atoms with Gasteiger partial charge in [-0.25, -0.2) is 4.79 Å². The van der Waals surface area contributed by atoms with Crippen LogP contribution in [0.3, 0.4) is 0 Å². The third-order valence-corrected chi connectivity index (χ3v) is 13.1. The first-order chi connectivity index (χ1) is 36.3. The number of benzene rings is 3. The number of nitrogens with one attached hydrogen (secondary N) is 7. The van der Waals surface area contributed by atoms with Crippen LogP contribution in [-0.4, -0.2) is 141 Å². The largest absolute Gasteiger partial charge is 0.480 e. The number of carbonyl (C=O) groups is 9. The summed E-state index contributed by atoms with van der Waals surface area (Å²) >= 11 is 0. The Balaban J connectivity index is 1.42. The number of aliphatic carboxylic acids is 1. The second-order valence-corrected chi connectivity index (χ2v) is 19.7. The summed E-state index contributed by atoms with van der Waals surface area (Å²) in [6.45, 7) is 5.27. The molecule has 15 N–H and O–H groups in total. The van der Waals surface area contributed by atoms with Crippen molar-refractivity contribution in [3.63, 3.8) is 0 Å². The fraction of sp³-hybridized carbons (Fsp3) is 0.463. The van der Waals surface area contributed by atoms with E-state index in [0.29, 0.717) is 36.0 Å². The Hall–Kier alpha value is -7.69. The average molecular weight is 1050 g/mol. The number of nitrogens with two attached hydrogens (primary N) is 3. The summed E-state index contributed by atoms with van der Waals surface area (Å²) in [5, 5.41) is 36.5. The minimum atomic E-state index is -1.69. The van der Waals surface area contributed by atoms with Gasteiger partial charge >= 0.3 is 5.97 Å². The van der Waals surface area contributed by atoms with Crippen LogP contribution in [-0.2, 0) is 62.4 Å². The maximum atomic E-state index is 15.0. The summed E-state index contributed by atoms with van der Waals surface area (Å²) in [6, 6.07) is 14.0. The van der Waals surface area contributed by atoms with Crippen molar-refractivity contribution in [1.29, 1.82) is 0 Å². The molecule has 0 aliphatic carbocycles. The molecule has 4 aromatic rings. The van der Waals surface area contributed by atoms with E-state index in [1.54, 1.807) is 72.9 Å². The number of aliphatic hydroxyl groups excluding tert-OH is 1. The first-order valence-corrected chi connectivity index (χ1v) is 25.7. The Morgan fingerprint density at radius 2 is 1.18 bits per heavy atom. The number of unbranched alkanes of at least 4 members (excludes halogenated alkanes) is 1. The molecule has 0 radical (unpaired) electrons. The maximum Gasteiger partial charge on any atom is 0.326 e. The van der Waals surface area contributed by atoms with Gasteiger partial charge in [0.1, 0.15) is 48.3 Å². The number of rotatable bonds is 29. The highest BCUT2D eigenvalue weighted by molar-refractivity contribution is 5.99. The van der Waals surface area contributed by atoms with Crippen LogP contribution in [0.25, 0.3) is 10.9 Å². The zero-order chi connectivity index (χ0) is 55.5. The molecule has 8 amide bonds. The van der Waals surface area contributed by atoms with E-state index in [0.717, 1.165) is 10.9 Å². The number of primary amides is 1. The van der Waals surface area contributed by atoms with Crippen molar-refractivity contribution in [3.05, 3.63) is 108 Å². The van der Waals surface area contributed by atoms with Crippen LogP contribution in [0.2, 0.25) is 0 Å². The van der Waals surface area contributed by atoms with Crippen molar-refractivity contribution in [2.45, 2.75) is 139 Å². The van der Waals surface area contributed by atoms with Gasteiger partial charge < -0.3 is 69.2 Å². The van der Waals surface area contributed by atoms with Crippen molar-refractivity contribution in [2.24, 2.45) is 23.1 Å². The molecule has 5 rings (SSSR count). The molecule has 0 saturated carbocycles. The summed E-state index contributed by atoms with van der Waals surface area (Å²) < 4.78 is 0. The summed E-state index contributed by atoms with van der Waals surface area (Å²) in [7, 11) is 0. The number of carboxylic acids is 1. The molecule has 76 heavy (non-hydrogen) atoms. The number of fused-ring (bicyclic) bond motifs is 1. The molecule has 1 aromatic heterocycles. The number of nitrogens with zero attached hydrogens (tertiary/aromatic N) is 1. The molecule has 9 atom stereocenters. The van der Waals surface area contributed by atoms with Gasteiger partial charge in [-0.1, -0.05) is 92.7 Å². The quantitative estimate of drug-likeness (QED) is 0.0318. The lowest BCUT2D eigenvalue weighted by molar-refractivity contribution is -0.144. The molecule has 0 bridgehead atoms. The number of carbonyl (C=O) groups excluding carboxylic acids is 8. The van der Waals surface area contributed by atoms with E-state index in [-0.39, 0.29) is 57.5 Å². The Morgan fingerprint density at radius 3 is 1.76 bits per heavy atom. The van der Waals surface area contributed by atoms with E-state index in [9.17, 15) is 53.4 Å². The highest BCUT2D eigenvalue weighted by Gasteiger charge is 2.41. The predicted octanol–water partition coefficient (Wildman–Crippen LogP) is -0.0612. The van der Waals surface area contributed by atoms with E-state index in [4.69, 9.17) is 17.2 Å². The zero-order valence-electron chi connectivity index (χ0n) is 43.2. The predicted molar refractivity (Wildman–Crippen MR) is 282 cm³/mol. The van der Waals surface area contributed by atoms with E-state index >= 15 is 0 Å². The fourth-order valence-corrected chi connectivity index (χ4v) is 9.05. The highest BCUT2D eigenvalue weighted by Crippen LogP contribution is 2.24. The Labute approximate surface area is 441 Å². The first kappa shape index (κ1) is 59.2. The number of aromatic nitrogens is 1. The number of H-pyrrole nitrogens is 1. The van der Waals surface area contributed by atoms with Gasteiger partial charge in [0.05, 0.1) is 12.5 Å². The normalized spacial score (nSPS) is 16.5. The van der Waals surface area contributed by atoms with E-state index in [1.165, 1.54) is 11.8 Å². The highest BCUT2D eigenvalue weighted by atomic mass is 16.4. The van der Waals surface area contributed by atoms with Crippen LogP contribution in [0.1, 0.15) is 82.4 Å². The van der Waals surface area contributed by atoms with Gasteiger partial charge in [-0.3, -0.25) is 38.4 Å². The molecule has 22 nitrogen and oxygen atoms in total. The molecular weight excluding hydrogens is 979 g/mol. The lowest BCUT2D eigenvalue weighted by Gasteiger charge is -2.31. The third kappa shape index (κ3) is 17.5. The molecule has 410 valence electrons. The van der Waals surface area contributed by atoms with Crippen molar-refractivity contribution in [1.82, 2.24) is 41.8 Å². The van der Waals surface area contributed by atoms with Gasteiger partial charge in [-0.05, 0) is 80.7 Å². The van der Waals surface area contributed by atoms with Gasteiger partial charge in [-0.15, -0.1) is 0 Å². The molecule has 22 heteroatoms. The minimum Gasteiger partial charge on any atom is -0.480 e.